The van der Waals surface area contributed by atoms with Gasteiger partial charge in [-0.1, -0.05) is 31.4 Å². The van der Waals surface area contributed by atoms with Crippen LogP contribution in [0.4, 0.5) is 8.78 Å². The van der Waals surface area contributed by atoms with E-state index in [1.807, 2.05) is 33.8 Å². The first-order valence-electron chi connectivity index (χ1n) is 7.48. The van der Waals surface area contributed by atoms with E-state index in [1.165, 1.54) is 6.08 Å². The minimum atomic E-state index is -1.32. The summed E-state index contributed by atoms with van der Waals surface area (Å²) in [4.78, 5) is 12.2. The number of hydrogen-bond acceptors (Lipinski definition) is 2. The summed E-state index contributed by atoms with van der Waals surface area (Å²) in [5.41, 5.74) is 0.918. The van der Waals surface area contributed by atoms with E-state index in [-0.39, 0.29) is 30.1 Å². The minimum Gasteiger partial charge on any atom is -0.441 e. The van der Waals surface area contributed by atoms with Gasteiger partial charge < -0.3 is 4.74 Å². The molecule has 3 unspecified atom stereocenters. The molecule has 0 radical (unpaired) electrons. The van der Waals surface area contributed by atoms with Gasteiger partial charge in [-0.3, -0.25) is 9.18 Å². The number of halogens is 2. The second-order valence-electron chi connectivity index (χ2n) is 6.47. The number of carbonyl (C=O) groups excluding carboxylic acids is 1. The molecule has 1 saturated carbocycles. The Morgan fingerprint density at radius 1 is 1.45 bits per heavy atom. The van der Waals surface area contributed by atoms with E-state index in [4.69, 9.17) is 11.2 Å². The summed E-state index contributed by atoms with van der Waals surface area (Å²) in [6.07, 6.45) is 7.58. The highest BCUT2D eigenvalue weighted by molar-refractivity contribution is 5.79. The Balaban J connectivity index is 2.69. The molecule has 0 N–H and O–H groups in total. The average molecular weight is 310 g/mol. The molecule has 0 saturated heterocycles. The lowest BCUT2D eigenvalue weighted by Crippen LogP contribution is -2.20. The van der Waals surface area contributed by atoms with Crippen LogP contribution >= 0.6 is 0 Å². The van der Waals surface area contributed by atoms with Gasteiger partial charge in [-0.05, 0) is 44.1 Å². The van der Waals surface area contributed by atoms with E-state index in [9.17, 15) is 13.6 Å². The third-order valence-corrected chi connectivity index (χ3v) is 3.99. The molecular weight excluding hydrogens is 286 g/mol. The summed E-state index contributed by atoms with van der Waals surface area (Å²) in [5, 5.41) is 0. The first kappa shape index (κ1) is 18.4. The normalized spacial score (nSPS) is 24.1. The first-order chi connectivity index (χ1) is 10.3. The molecule has 0 aromatic heterocycles. The first-order valence-corrected chi connectivity index (χ1v) is 7.48. The Labute approximate surface area is 131 Å². The quantitative estimate of drug-likeness (QED) is 0.302. The van der Waals surface area contributed by atoms with Gasteiger partial charge in [0.2, 0.25) is 6.10 Å². The molecule has 1 rings (SSSR count). The highest BCUT2D eigenvalue weighted by Crippen LogP contribution is 2.59. The Kier molecular flexibility index (Phi) is 6.34. The molecule has 22 heavy (non-hydrogen) atoms. The number of unbranched alkanes of at least 4 members (excludes halogenated alkanes) is 1. The molecule has 1 aliphatic carbocycles. The van der Waals surface area contributed by atoms with Crippen molar-refractivity contribution in [1.82, 2.24) is 0 Å². The summed E-state index contributed by atoms with van der Waals surface area (Å²) in [6, 6.07) is 0. The largest absolute Gasteiger partial charge is 0.441 e. The standard InChI is InChI=1S/C18H24F2O2/c1-6-15(14(20)9-7-8-10-19)22-17(21)16-13(11-12(2)3)18(16,4)5/h1,9,11,13,15-16H,7-8,10H2,2-5H3. The van der Waals surface area contributed by atoms with Crippen molar-refractivity contribution in [1.29, 1.82) is 0 Å². The molecule has 1 aliphatic rings. The predicted octanol–water partition coefficient (Wildman–Crippen LogP) is 4.37. The van der Waals surface area contributed by atoms with Gasteiger partial charge in [0.25, 0.3) is 0 Å². The van der Waals surface area contributed by atoms with Crippen molar-refractivity contribution in [3.63, 3.8) is 0 Å². The van der Waals surface area contributed by atoms with Crippen LogP contribution in [-0.2, 0) is 9.53 Å². The maximum absolute atomic E-state index is 13.8. The number of hydrogen-bond donors (Lipinski definition) is 0. The number of terminal acetylenes is 1. The van der Waals surface area contributed by atoms with Crippen LogP contribution in [0.25, 0.3) is 0 Å². The second-order valence-corrected chi connectivity index (χ2v) is 6.47. The molecule has 3 atom stereocenters. The molecule has 0 aromatic rings. The van der Waals surface area contributed by atoms with Crippen molar-refractivity contribution < 1.29 is 18.3 Å². The molecule has 0 amide bonds. The predicted molar refractivity (Wildman–Crippen MR) is 83.3 cm³/mol. The van der Waals surface area contributed by atoms with E-state index in [0.29, 0.717) is 0 Å². The van der Waals surface area contributed by atoms with Gasteiger partial charge in [-0.2, -0.15) is 0 Å². The van der Waals surface area contributed by atoms with Crippen LogP contribution in [0.2, 0.25) is 0 Å². The van der Waals surface area contributed by atoms with E-state index in [1.54, 1.807) is 0 Å². The van der Waals surface area contributed by atoms with Crippen molar-refractivity contribution in [3.05, 3.63) is 23.6 Å². The second kappa shape index (κ2) is 7.58. The van der Waals surface area contributed by atoms with Crippen molar-refractivity contribution in [3.8, 4) is 12.3 Å². The van der Waals surface area contributed by atoms with Crippen LogP contribution in [0, 0.1) is 29.6 Å². The zero-order valence-corrected chi connectivity index (χ0v) is 13.7. The van der Waals surface area contributed by atoms with Crippen LogP contribution in [0.1, 0.15) is 40.5 Å². The van der Waals surface area contributed by atoms with Crippen LogP contribution in [-0.4, -0.2) is 18.7 Å². The summed E-state index contributed by atoms with van der Waals surface area (Å²) >= 11 is 0. The third-order valence-electron chi connectivity index (χ3n) is 3.99. The smallest absolute Gasteiger partial charge is 0.311 e. The molecule has 4 heteroatoms. The van der Waals surface area contributed by atoms with Crippen LogP contribution in [0.5, 0.6) is 0 Å². The lowest BCUT2D eigenvalue weighted by molar-refractivity contribution is -0.148. The highest BCUT2D eigenvalue weighted by atomic mass is 19.1. The topological polar surface area (TPSA) is 26.3 Å². The summed E-state index contributed by atoms with van der Waals surface area (Å²) in [7, 11) is 0. The maximum atomic E-state index is 13.8. The van der Waals surface area contributed by atoms with Gasteiger partial charge in [-0.15, -0.1) is 6.42 Å². The molecule has 1 fully saturated rings. The SMILES string of the molecule is C#CC(OC(=O)C1C(C=C(C)C)C1(C)C)C(F)=CCCCF. The van der Waals surface area contributed by atoms with E-state index >= 15 is 0 Å². The van der Waals surface area contributed by atoms with Gasteiger partial charge in [0.05, 0.1) is 12.6 Å². The van der Waals surface area contributed by atoms with E-state index in [2.05, 4.69) is 5.92 Å². The van der Waals surface area contributed by atoms with Crippen molar-refractivity contribution in [2.75, 3.05) is 6.67 Å². The van der Waals surface area contributed by atoms with Gasteiger partial charge in [0.15, 0.2) is 0 Å². The van der Waals surface area contributed by atoms with Gasteiger partial charge in [0.1, 0.15) is 5.83 Å². The monoisotopic (exact) mass is 310 g/mol. The Morgan fingerprint density at radius 2 is 2.09 bits per heavy atom. The number of carbonyl (C=O) groups is 1. The average Bonchev–Trinajstić information content (AvgIpc) is 2.96. The molecule has 2 nitrogen and oxygen atoms in total. The van der Waals surface area contributed by atoms with Gasteiger partial charge >= 0.3 is 5.97 Å². The molecule has 0 aliphatic heterocycles. The van der Waals surface area contributed by atoms with E-state index < -0.39 is 24.6 Å². The van der Waals surface area contributed by atoms with Crippen LogP contribution in [0.15, 0.2) is 23.6 Å². The fraction of sp³-hybridized carbons (Fsp3) is 0.611. The van der Waals surface area contributed by atoms with Crippen molar-refractivity contribution >= 4 is 5.97 Å². The minimum absolute atomic E-state index is 0.0852. The molecule has 0 aromatic carbocycles. The summed E-state index contributed by atoms with van der Waals surface area (Å²) < 4.78 is 31.0. The van der Waals surface area contributed by atoms with E-state index in [0.717, 1.165) is 5.57 Å². The van der Waals surface area contributed by atoms with Crippen LogP contribution in [0.3, 0.4) is 0 Å². The molecule has 0 spiro atoms. The summed E-state index contributed by atoms with van der Waals surface area (Å²) in [5.74, 6) is 0.718. The van der Waals surface area contributed by atoms with Crippen molar-refractivity contribution in [2.45, 2.75) is 46.6 Å². The maximum Gasteiger partial charge on any atom is 0.311 e. The molecule has 0 bridgehead atoms. The Hall–Kier alpha value is -1.63. The highest BCUT2D eigenvalue weighted by Gasteiger charge is 2.61. The fourth-order valence-electron chi connectivity index (χ4n) is 2.58. The number of ether oxygens (including phenoxy) is 1. The van der Waals surface area contributed by atoms with Gasteiger partial charge in [0, 0.05) is 0 Å². The Morgan fingerprint density at radius 3 is 2.59 bits per heavy atom. The lowest BCUT2D eigenvalue weighted by Gasteiger charge is -2.11. The zero-order chi connectivity index (χ0) is 16.9. The lowest BCUT2D eigenvalue weighted by atomic mass is 10.1. The Bertz CT molecular complexity index is 508. The number of alkyl halides is 1. The molecule has 122 valence electrons. The van der Waals surface area contributed by atoms with Crippen LogP contribution < -0.4 is 0 Å². The number of rotatable bonds is 7. The zero-order valence-electron chi connectivity index (χ0n) is 13.7. The summed E-state index contributed by atoms with van der Waals surface area (Å²) in [6.45, 7) is 7.36. The number of allylic oxidation sites excluding steroid dienone is 3. The van der Waals surface area contributed by atoms with Crippen molar-refractivity contribution in [2.24, 2.45) is 17.3 Å². The molecular formula is C18H24F2O2. The fourth-order valence-corrected chi connectivity index (χ4v) is 2.58. The third kappa shape index (κ3) is 4.43. The molecule has 0 heterocycles. The van der Waals surface area contributed by atoms with Gasteiger partial charge in [-0.25, -0.2) is 4.39 Å². The number of esters is 1.